The van der Waals surface area contributed by atoms with Gasteiger partial charge in [0, 0.05) is 34.8 Å². The first kappa shape index (κ1) is 17.5. The van der Waals surface area contributed by atoms with Gasteiger partial charge in [-0.15, -0.1) is 11.3 Å². The van der Waals surface area contributed by atoms with Gasteiger partial charge in [0.2, 0.25) is 5.91 Å². The van der Waals surface area contributed by atoms with E-state index in [0.29, 0.717) is 0 Å². The molecule has 0 radical (unpaired) electrons. The van der Waals surface area contributed by atoms with E-state index in [0.717, 1.165) is 24.9 Å². The summed E-state index contributed by atoms with van der Waals surface area (Å²) in [6, 6.07) is 5.90. The number of halogens is 1. The summed E-state index contributed by atoms with van der Waals surface area (Å²) >= 11 is 6.55. The first-order chi connectivity index (χ1) is 10.2. The van der Waals surface area contributed by atoms with E-state index in [4.69, 9.17) is 0 Å². The lowest BCUT2D eigenvalue weighted by Gasteiger charge is -2.20. The summed E-state index contributed by atoms with van der Waals surface area (Å²) in [6.45, 7) is 7.84. The van der Waals surface area contributed by atoms with Crippen LogP contribution in [0.1, 0.15) is 27.7 Å². The second-order valence-corrected chi connectivity index (χ2v) is 8.98. The minimum absolute atomic E-state index is 0.0137. The number of carbonyl (C=O) groups is 1. The molecule has 1 aromatic carbocycles. The fourth-order valence-corrected chi connectivity index (χ4v) is 3.94. The normalized spacial score (nSPS) is 11.5. The fourth-order valence-electron chi connectivity index (χ4n) is 1.68. The van der Waals surface area contributed by atoms with Gasteiger partial charge >= 0.3 is 0 Å². The summed E-state index contributed by atoms with van der Waals surface area (Å²) < 4.78 is 4.27. The maximum atomic E-state index is 11.3. The number of aromatic nitrogens is 1. The summed E-state index contributed by atoms with van der Waals surface area (Å²) in [7, 11) is 0. The van der Waals surface area contributed by atoms with Gasteiger partial charge in [-0.2, -0.15) is 0 Å². The highest BCUT2D eigenvalue weighted by molar-refractivity contribution is 9.11. The Kier molecular flexibility index (Phi) is 5.65. The molecule has 7 heteroatoms. The van der Waals surface area contributed by atoms with Gasteiger partial charge in [-0.05, 0) is 60.8 Å². The van der Waals surface area contributed by atoms with Gasteiger partial charge in [-0.25, -0.2) is 4.98 Å². The lowest BCUT2D eigenvalue weighted by atomic mass is 10.1. The largest absolute Gasteiger partial charge is 0.326 e. The highest BCUT2D eigenvalue weighted by Crippen LogP contribution is 2.37. The number of rotatable bonds is 4. The van der Waals surface area contributed by atoms with E-state index in [1.165, 1.54) is 6.92 Å². The zero-order chi connectivity index (χ0) is 16.3. The quantitative estimate of drug-likeness (QED) is 0.715. The van der Waals surface area contributed by atoms with Gasteiger partial charge < -0.3 is 5.32 Å². The van der Waals surface area contributed by atoms with E-state index >= 15 is 0 Å². The molecule has 0 atom stereocenters. The number of anilines is 1. The van der Waals surface area contributed by atoms with Crippen LogP contribution in [0.25, 0.3) is 10.4 Å². The summed E-state index contributed by atoms with van der Waals surface area (Å²) in [6.07, 6.45) is 1.85. The smallest absolute Gasteiger partial charge is 0.221 e. The van der Waals surface area contributed by atoms with Crippen LogP contribution in [0.3, 0.4) is 0 Å². The van der Waals surface area contributed by atoms with Crippen molar-refractivity contribution in [1.29, 1.82) is 0 Å². The highest BCUT2D eigenvalue weighted by atomic mass is 79.9. The van der Waals surface area contributed by atoms with Gasteiger partial charge in [0.1, 0.15) is 0 Å². The molecule has 0 aliphatic rings. The number of nitrogens with zero attached hydrogens (tertiary/aromatic N) is 1. The molecule has 1 heterocycles. The minimum atomic E-state index is -0.0759. The summed E-state index contributed by atoms with van der Waals surface area (Å²) in [4.78, 5) is 17.6. The van der Waals surface area contributed by atoms with Crippen LogP contribution < -0.4 is 10.0 Å². The van der Waals surface area contributed by atoms with Crippen LogP contribution in [0.4, 0.5) is 5.69 Å². The van der Waals surface area contributed by atoms with E-state index in [1.807, 2.05) is 24.4 Å². The molecule has 2 aromatic rings. The van der Waals surface area contributed by atoms with Gasteiger partial charge in [-0.3, -0.25) is 9.52 Å². The molecule has 0 saturated carbocycles. The van der Waals surface area contributed by atoms with E-state index in [9.17, 15) is 4.79 Å². The standard InChI is InChI=1S/C15H18BrN3OS2/c1-9(20)18-10-5-6-11(13-8-17-14(16)21-13)12(7-10)22-19-15(2,3)4/h5-8,19H,1-4H3,(H,18,20). The monoisotopic (exact) mass is 399 g/mol. The lowest BCUT2D eigenvalue weighted by molar-refractivity contribution is -0.114. The van der Waals surface area contributed by atoms with Crippen molar-refractivity contribution in [3.8, 4) is 10.4 Å². The van der Waals surface area contributed by atoms with Crippen LogP contribution in [-0.4, -0.2) is 16.4 Å². The van der Waals surface area contributed by atoms with Crippen molar-refractivity contribution in [2.75, 3.05) is 5.32 Å². The van der Waals surface area contributed by atoms with E-state index in [1.54, 1.807) is 23.3 Å². The topological polar surface area (TPSA) is 54.0 Å². The average Bonchev–Trinajstić information content (AvgIpc) is 2.81. The predicted molar refractivity (Wildman–Crippen MR) is 98.3 cm³/mol. The van der Waals surface area contributed by atoms with Crippen molar-refractivity contribution in [2.24, 2.45) is 0 Å². The first-order valence-corrected chi connectivity index (χ1v) is 9.14. The number of hydrogen-bond acceptors (Lipinski definition) is 5. The number of thiazole rings is 1. The number of amides is 1. The Hall–Kier alpha value is -0.890. The van der Waals surface area contributed by atoms with E-state index in [2.05, 4.69) is 51.7 Å². The fraction of sp³-hybridized carbons (Fsp3) is 0.333. The highest BCUT2D eigenvalue weighted by Gasteiger charge is 2.14. The van der Waals surface area contributed by atoms with Crippen LogP contribution in [0.2, 0.25) is 0 Å². The molecule has 0 aliphatic carbocycles. The molecular formula is C15H18BrN3OS2. The first-order valence-electron chi connectivity index (χ1n) is 6.72. The molecule has 1 aromatic heterocycles. The second kappa shape index (κ2) is 7.12. The molecule has 1 amide bonds. The second-order valence-electron chi connectivity index (χ2n) is 5.82. The Balaban J connectivity index is 2.36. The Morgan fingerprint density at radius 2 is 2.09 bits per heavy atom. The Labute approximate surface area is 147 Å². The lowest BCUT2D eigenvalue weighted by Crippen LogP contribution is -2.29. The van der Waals surface area contributed by atoms with Crippen LogP contribution in [0, 0.1) is 0 Å². The summed E-state index contributed by atoms with van der Waals surface area (Å²) in [5, 5.41) is 2.82. The third kappa shape index (κ3) is 5.08. The van der Waals surface area contributed by atoms with Gasteiger partial charge in [-0.1, -0.05) is 6.07 Å². The van der Waals surface area contributed by atoms with E-state index < -0.39 is 0 Å². The SMILES string of the molecule is CC(=O)Nc1ccc(-c2cnc(Br)s2)c(SNC(C)(C)C)c1. The molecule has 4 nitrogen and oxygen atoms in total. The van der Waals surface area contributed by atoms with Gasteiger partial charge in [0.15, 0.2) is 3.92 Å². The Bertz CT molecular complexity index is 680. The van der Waals surface area contributed by atoms with Crippen LogP contribution in [0.5, 0.6) is 0 Å². The molecule has 0 spiro atoms. The molecule has 2 N–H and O–H groups in total. The number of nitrogens with one attached hydrogen (secondary N) is 2. The zero-order valence-corrected chi connectivity index (χ0v) is 16.1. The molecule has 2 rings (SSSR count). The molecule has 0 saturated heterocycles. The summed E-state index contributed by atoms with van der Waals surface area (Å²) in [5.41, 5.74) is 1.87. The number of hydrogen-bond donors (Lipinski definition) is 2. The van der Waals surface area contributed by atoms with Crippen molar-refractivity contribution in [3.63, 3.8) is 0 Å². The minimum Gasteiger partial charge on any atom is -0.326 e. The average molecular weight is 400 g/mol. The maximum absolute atomic E-state index is 11.3. The third-order valence-corrected chi connectivity index (χ3v) is 5.29. The van der Waals surface area contributed by atoms with Crippen LogP contribution in [-0.2, 0) is 4.79 Å². The van der Waals surface area contributed by atoms with Crippen LogP contribution >= 0.6 is 39.2 Å². The number of benzene rings is 1. The molecule has 118 valence electrons. The van der Waals surface area contributed by atoms with Crippen molar-refractivity contribution < 1.29 is 4.79 Å². The van der Waals surface area contributed by atoms with Crippen LogP contribution in [0.15, 0.2) is 33.2 Å². The molecule has 0 aliphatic heterocycles. The Morgan fingerprint density at radius 3 is 2.64 bits per heavy atom. The summed E-state index contributed by atoms with van der Waals surface area (Å²) in [5.74, 6) is -0.0759. The Morgan fingerprint density at radius 1 is 1.36 bits per heavy atom. The third-order valence-electron chi connectivity index (χ3n) is 2.51. The predicted octanol–water partition coefficient (Wildman–Crippen LogP) is 4.93. The molecule has 0 bridgehead atoms. The maximum Gasteiger partial charge on any atom is 0.221 e. The van der Waals surface area contributed by atoms with Crippen molar-refractivity contribution in [3.05, 3.63) is 28.3 Å². The molecule has 0 fully saturated rings. The molecular weight excluding hydrogens is 382 g/mol. The molecule has 22 heavy (non-hydrogen) atoms. The zero-order valence-electron chi connectivity index (χ0n) is 12.9. The van der Waals surface area contributed by atoms with Gasteiger partial charge in [0.25, 0.3) is 0 Å². The van der Waals surface area contributed by atoms with Gasteiger partial charge in [0.05, 0.1) is 4.88 Å². The van der Waals surface area contributed by atoms with Crippen molar-refractivity contribution >= 4 is 50.8 Å². The van der Waals surface area contributed by atoms with Crippen molar-refractivity contribution in [1.82, 2.24) is 9.71 Å². The number of carbonyl (C=O) groups excluding carboxylic acids is 1. The van der Waals surface area contributed by atoms with E-state index in [-0.39, 0.29) is 11.4 Å². The van der Waals surface area contributed by atoms with Crippen molar-refractivity contribution in [2.45, 2.75) is 38.1 Å². The molecule has 0 unspecified atom stereocenters.